The molecule has 0 radical (unpaired) electrons. The summed E-state index contributed by atoms with van der Waals surface area (Å²) in [7, 11) is 0. The van der Waals surface area contributed by atoms with Gasteiger partial charge in [-0.1, -0.05) is 6.07 Å². The van der Waals surface area contributed by atoms with Crippen LogP contribution in [0.4, 0.5) is 13.2 Å². The van der Waals surface area contributed by atoms with Gasteiger partial charge in [0, 0.05) is 0 Å². The Morgan fingerprint density at radius 2 is 1.84 bits per heavy atom. The maximum Gasteiger partial charge on any atom is 0.573 e. The number of alkyl halides is 3. The maximum atomic E-state index is 13.0. The molecule has 2 aromatic carbocycles. The van der Waals surface area contributed by atoms with Crippen molar-refractivity contribution in [3.05, 3.63) is 58.4 Å². The Morgan fingerprint density at radius 1 is 1.16 bits per heavy atom. The second-order valence-corrected chi connectivity index (χ2v) is 7.84. The Bertz CT molecular complexity index is 1160. The molecule has 0 saturated heterocycles. The van der Waals surface area contributed by atoms with Crippen molar-refractivity contribution in [2.45, 2.75) is 25.1 Å². The molecule has 0 bridgehead atoms. The number of hydrogen-bond acceptors (Lipinski definition) is 6. The third kappa shape index (κ3) is 4.83. The predicted octanol–water partition coefficient (Wildman–Crippen LogP) is 3.59. The topological polar surface area (TPSA) is 93.5 Å². The highest BCUT2D eigenvalue weighted by molar-refractivity contribution is 7.91. The third-order valence-corrected chi connectivity index (χ3v) is 5.52. The first kappa shape index (κ1) is 22.6. The molecule has 164 valence electrons. The van der Waals surface area contributed by atoms with E-state index < -0.39 is 40.4 Å². The highest BCUT2D eigenvalue weighted by Crippen LogP contribution is 2.26. The van der Waals surface area contributed by atoms with E-state index in [0.717, 1.165) is 12.1 Å². The lowest BCUT2D eigenvalue weighted by Crippen LogP contribution is -2.25. The number of rotatable bonds is 6. The number of halogens is 3. The second kappa shape index (κ2) is 8.98. The van der Waals surface area contributed by atoms with Gasteiger partial charge in [-0.3, -0.25) is 4.79 Å². The van der Waals surface area contributed by atoms with Crippen molar-refractivity contribution in [3.63, 3.8) is 0 Å². The number of nitrogens with zero attached hydrogens (tertiary/aromatic N) is 2. The molecule has 0 N–H and O–H groups in total. The maximum absolute atomic E-state index is 13.0. The molecule has 0 aliphatic carbocycles. The molecule has 0 aliphatic rings. The molecule has 1 aromatic heterocycles. The number of carbonyl (C=O) groups is 1. The smallest absolute Gasteiger partial charge is 0.573 e. The monoisotopic (exact) mass is 454 g/mol. The fraction of sp³-hybridized carbons (Fsp3) is 0.250. The number of fused-ring (bicyclic) bond motifs is 1. The zero-order valence-electron chi connectivity index (χ0n) is 16.4. The lowest BCUT2D eigenvalue weighted by atomic mass is 10.2. The van der Waals surface area contributed by atoms with Crippen LogP contribution in [-0.4, -0.2) is 39.0 Å². The van der Waals surface area contributed by atoms with E-state index in [0.29, 0.717) is 0 Å². The van der Waals surface area contributed by atoms with Crippen LogP contribution in [0, 0.1) is 0 Å². The molecule has 7 nitrogen and oxygen atoms in total. The van der Waals surface area contributed by atoms with Crippen molar-refractivity contribution in [3.8, 4) is 11.4 Å². The Labute approximate surface area is 177 Å². The number of benzene rings is 2. The van der Waals surface area contributed by atoms with Crippen LogP contribution in [0.5, 0.6) is 5.75 Å². The van der Waals surface area contributed by atoms with Gasteiger partial charge < -0.3 is 14.0 Å². The molecule has 11 heteroatoms. The second-order valence-electron chi connectivity index (χ2n) is 6.14. The highest BCUT2D eigenvalue weighted by atomic mass is 32.2. The van der Waals surface area contributed by atoms with Crippen molar-refractivity contribution in [2.75, 3.05) is 12.4 Å². The Hall–Kier alpha value is -3.05. The van der Waals surface area contributed by atoms with Crippen LogP contribution < -0.4 is 10.2 Å². The molecular formula is C20H17F3N2O5S. The molecule has 31 heavy (non-hydrogen) atoms. The van der Waals surface area contributed by atoms with Crippen LogP contribution in [0.1, 0.15) is 24.3 Å². The first-order chi connectivity index (χ1) is 14.7. The molecule has 3 rings (SSSR count). The van der Waals surface area contributed by atoms with E-state index in [4.69, 9.17) is 4.74 Å². The quantitative estimate of drug-likeness (QED) is 0.418. The Balaban J connectivity index is 2.26. The van der Waals surface area contributed by atoms with Crippen LogP contribution in [0.15, 0.2) is 52.2 Å². The molecule has 0 aliphatic heterocycles. The molecular weight excluding hydrogens is 437 g/mol. The highest BCUT2D eigenvalue weighted by Gasteiger charge is 2.31. The number of hydrogen-bond donors (Lipinski definition) is 0. The Kier molecular flexibility index (Phi) is 6.56. The fourth-order valence-electron chi connectivity index (χ4n) is 2.91. The van der Waals surface area contributed by atoms with Crippen molar-refractivity contribution in [1.82, 2.24) is 9.78 Å². The zero-order valence-corrected chi connectivity index (χ0v) is 17.2. The van der Waals surface area contributed by atoms with Gasteiger partial charge in [-0.2, -0.15) is 5.10 Å². The van der Waals surface area contributed by atoms with Crippen molar-refractivity contribution >= 4 is 28.0 Å². The first-order valence-electron chi connectivity index (χ1n) is 9.14. The summed E-state index contributed by atoms with van der Waals surface area (Å²) in [6.45, 7) is 3.25. The van der Waals surface area contributed by atoms with Gasteiger partial charge in [-0.05, 0) is 61.4 Å². The van der Waals surface area contributed by atoms with Crippen molar-refractivity contribution in [1.29, 1.82) is 0 Å². The predicted molar refractivity (Wildman–Crippen MR) is 107 cm³/mol. The van der Waals surface area contributed by atoms with Gasteiger partial charge >= 0.3 is 12.3 Å². The SMILES string of the molecule is CCOC(=O)c1nn(-c2ccc(OC(F)(F)F)cc2)c2cccc([S+]([O-])CC)c2c1=O. The summed E-state index contributed by atoms with van der Waals surface area (Å²) in [5.41, 5.74) is -0.768. The standard InChI is InChI=1S/C20H17F3N2O5S/c1-3-29-19(27)17-18(26)16-14(6-5-7-15(16)31(28)4-2)25(24-17)12-8-10-13(11-9-12)30-20(21,22)23/h5-11H,3-4H2,1-2H3. The van der Waals surface area contributed by atoms with Gasteiger partial charge in [-0.25, -0.2) is 9.48 Å². The molecule has 3 aromatic rings. The summed E-state index contributed by atoms with van der Waals surface area (Å²) in [5.74, 6) is -1.17. The average Bonchev–Trinajstić information content (AvgIpc) is 2.73. The normalized spacial score (nSPS) is 12.6. The molecule has 1 unspecified atom stereocenters. The fourth-order valence-corrected chi connectivity index (χ4v) is 3.87. The van der Waals surface area contributed by atoms with E-state index in [9.17, 15) is 27.3 Å². The van der Waals surface area contributed by atoms with Crippen LogP contribution in [-0.2, 0) is 15.9 Å². The van der Waals surface area contributed by atoms with Gasteiger partial charge in [-0.15, -0.1) is 13.2 Å². The molecule has 0 spiro atoms. The molecule has 0 amide bonds. The van der Waals surface area contributed by atoms with Gasteiger partial charge in [0.2, 0.25) is 11.1 Å². The van der Waals surface area contributed by atoms with E-state index in [-0.39, 0.29) is 33.8 Å². The van der Waals surface area contributed by atoms with E-state index in [2.05, 4.69) is 9.84 Å². The van der Waals surface area contributed by atoms with E-state index >= 15 is 0 Å². The van der Waals surface area contributed by atoms with Crippen molar-refractivity contribution < 1.29 is 32.0 Å². The van der Waals surface area contributed by atoms with E-state index in [1.807, 2.05) is 0 Å². The van der Waals surface area contributed by atoms with E-state index in [1.165, 1.54) is 28.9 Å². The minimum absolute atomic E-state index is 0.00397. The summed E-state index contributed by atoms with van der Waals surface area (Å²) in [6.07, 6.45) is -4.85. The average molecular weight is 454 g/mol. The minimum atomic E-state index is -4.85. The lowest BCUT2D eigenvalue weighted by molar-refractivity contribution is -0.274. The largest absolute Gasteiger partial charge is 0.611 e. The zero-order chi connectivity index (χ0) is 22.8. The summed E-state index contributed by atoms with van der Waals surface area (Å²) in [5, 5.41) is 4.11. The number of esters is 1. The summed E-state index contributed by atoms with van der Waals surface area (Å²) >= 11 is -1.52. The number of carbonyl (C=O) groups excluding carboxylic acids is 1. The molecule has 0 saturated carbocycles. The Morgan fingerprint density at radius 3 is 2.42 bits per heavy atom. The van der Waals surface area contributed by atoms with E-state index in [1.54, 1.807) is 19.9 Å². The van der Waals surface area contributed by atoms with Crippen LogP contribution in [0.25, 0.3) is 16.6 Å². The first-order valence-corrected chi connectivity index (χ1v) is 10.5. The molecule has 1 heterocycles. The molecule has 0 fully saturated rings. The third-order valence-electron chi connectivity index (χ3n) is 4.17. The van der Waals surface area contributed by atoms with Crippen LogP contribution in [0.2, 0.25) is 0 Å². The summed E-state index contributed by atoms with van der Waals surface area (Å²) in [6, 6.07) is 9.36. The van der Waals surface area contributed by atoms with Gasteiger partial charge in [0.05, 0.1) is 17.8 Å². The van der Waals surface area contributed by atoms with Gasteiger partial charge in [0.1, 0.15) is 16.9 Å². The lowest BCUT2D eigenvalue weighted by Gasteiger charge is -2.15. The number of ether oxygens (including phenoxy) is 2. The van der Waals surface area contributed by atoms with Gasteiger partial charge in [0.25, 0.3) is 0 Å². The molecule has 1 atom stereocenters. The van der Waals surface area contributed by atoms with Gasteiger partial charge in [0.15, 0.2) is 4.90 Å². The minimum Gasteiger partial charge on any atom is -0.611 e. The summed E-state index contributed by atoms with van der Waals surface area (Å²) < 4.78 is 59.8. The van der Waals surface area contributed by atoms with Crippen LogP contribution in [0.3, 0.4) is 0 Å². The summed E-state index contributed by atoms with van der Waals surface area (Å²) in [4.78, 5) is 25.6. The van der Waals surface area contributed by atoms with Crippen molar-refractivity contribution in [2.24, 2.45) is 0 Å². The van der Waals surface area contributed by atoms with Crippen LogP contribution >= 0.6 is 0 Å². The number of aromatic nitrogens is 2.